The monoisotopic (exact) mass is 661 g/mol. The van der Waals surface area contributed by atoms with Crippen LogP contribution in [0.15, 0.2) is 84.9 Å². The number of phenolic OH excluding ortho intramolecular Hbond substituents is 2. The number of carbonyl (C=O) groups excluding carboxylic acids is 3. The van der Waals surface area contributed by atoms with Crippen LogP contribution in [0.25, 0.3) is 0 Å². The van der Waals surface area contributed by atoms with Crippen molar-refractivity contribution in [2.45, 2.75) is 24.2 Å². The zero-order valence-electron chi connectivity index (χ0n) is 23.5. The first kappa shape index (κ1) is 34.0. The van der Waals surface area contributed by atoms with Crippen molar-refractivity contribution in [3.8, 4) is 17.2 Å². The number of aromatic hydroxyl groups is 2. The van der Waals surface area contributed by atoms with E-state index >= 15 is 0 Å². The van der Waals surface area contributed by atoms with Crippen molar-refractivity contribution in [2.75, 3.05) is 5.32 Å². The lowest BCUT2D eigenvalue weighted by Gasteiger charge is -2.38. The summed E-state index contributed by atoms with van der Waals surface area (Å²) in [5.74, 6) is -5.76. The largest absolute Gasteiger partial charge is 0.508 e. The minimum atomic E-state index is -6.15. The third-order valence-electron chi connectivity index (χ3n) is 7.16. The molecule has 9 nitrogen and oxygen atoms in total. The third kappa shape index (κ3) is 6.45. The second kappa shape index (κ2) is 12.9. The van der Waals surface area contributed by atoms with Crippen molar-refractivity contribution in [2.24, 2.45) is 0 Å². The van der Waals surface area contributed by atoms with Crippen molar-refractivity contribution >= 4 is 29.8 Å². The zero-order valence-corrected chi connectivity index (χ0v) is 23.5. The highest BCUT2D eigenvalue weighted by molar-refractivity contribution is 6.07. The van der Waals surface area contributed by atoms with Gasteiger partial charge in [0.05, 0.1) is 16.8 Å². The van der Waals surface area contributed by atoms with Gasteiger partial charge in [0.15, 0.2) is 5.78 Å². The van der Waals surface area contributed by atoms with Crippen LogP contribution in [-0.4, -0.2) is 51.8 Å². The van der Waals surface area contributed by atoms with E-state index in [1.165, 1.54) is 30.3 Å². The van der Waals surface area contributed by atoms with E-state index in [1.807, 2.05) is 5.32 Å². The van der Waals surface area contributed by atoms with E-state index in [0.29, 0.717) is 30.3 Å². The van der Waals surface area contributed by atoms with E-state index in [0.717, 1.165) is 18.2 Å². The Labute approximate surface area is 260 Å². The van der Waals surface area contributed by atoms with Crippen LogP contribution in [0, 0.1) is 0 Å². The number of nitrogens with one attached hydrogen (secondary N) is 1. The Morgan fingerprint density at radius 2 is 1.26 bits per heavy atom. The number of carbonyl (C=O) groups is 4. The molecule has 0 aromatic heterocycles. The summed E-state index contributed by atoms with van der Waals surface area (Å²) in [5.41, 5.74) is -10.6. The number of rotatable bonds is 10. The number of benzene rings is 4. The lowest BCUT2D eigenvalue weighted by atomic mass is 9.72. The van der Waals surface area contributed by atoms with E-state index in [2.05, 4.69) is 4.74 Å². The van der Waals surface area contributed by atoms with Gasteiger partial charge in [-0.2, -0.15) is 26.3 Å². The number of carboxylic acids is 1. The predicted octanol–water partition coefficient (Wildman–Crippen LogP) is 6.42. The molecule has 0 fully saturated rings. The number of ketones is 1. The quantitative estimate of drug-likeness (QED) is 0.0659. The molecule has 0 aliphatic carbocycles. The molecule has 0 heterocycles. The summed E-state index contributed by atoms with van der Waals surface area (Å²) >= 11 is 0. The van der Waals surface area contributed by atoms with Crippen LogP contribution in [0.1, 0.15) is 47.8 Å². The Balaban J connectivity index is 1.87. The van der Waals surface area contributed by atoms with E-state index in [9.17, 15) is 60.8 Å². The maximum atomic E-state index is 14.9. The minimum Gasteiger partial charge on any atom is -0.508 e. The molecule has 0 aliphatic heterocycles. The van der Waals surface area contributed by atoms with Crippen LogP contribution in [0.2, 0.25) is 0 Å². The van der Waals surface area contributed by atoms with E-state index in [1.54, 1.807) is 0 Å². The van der Waals surface area contributed by atoms with Gasteiger partial charge in [0.25, 0.3) is 12.4 Å². The summed E-state index contributed by atoms with van der Waals surface area (Å²) in [7, 11) is 0. The molecular weight excluding hydrogens is 640 g/mol. The molecule has 15 heteroatoms. The number of alkyl halides is 6. The van der Waals surface area contributed by atoms with Gasteiger partial charge in [-0.15, -0.1) is 0 Å². The molecule has 4 rings (SSSR count). The fourth-order valence-corrected chi connectivity index (χ4v) is 4.99. The Morgan fingerprint density at radius 1 is 0.723 bits per heavy atom. The minimum absolute atomic E-state index is 0.0182. The third-order valence-corrected chi connectivity index (χ3v) is 7.16. The predicted molar refractivity (Wildman–Crippen MR) is 152 cm³/mol. The molecule has 0 aliphatic rings. The van der Waals surface area contributed by atoms with Crippen LogP contribution < -0.4 is 10.1 Å². The van der Waals surface area contributed by atoms with Crippen molar-refractivity contribution in [1.82, 2.24) is 0 Å². The highest BCUT2D eigenvalue weighted by Crippen LogP contribution is 2.57. The fourth-order valence-electron chi connectivity index (χ4n) is 4.99. The molecule has 47 heavy (non-hydrogen) atoms. The first-order valence-corrected chi connectivity index (χ1v) is 13.2. The van der Waals surface area contributed by atoms with Gasteiger partial charge in [-0.05, 0) is 47.5 Å². The number of anilines is 1. The van der Waals surface area contributed by atoms with Gasteiger partial charge >= 0.3 is 18.3 Å². The number of hydrogen-bond acceptors (Lipinski definition) is 7. The number of carboxylic acid groups (broad SMARTS) is 1. The molecule has 1 amide bonds. The number of Topliss-reactive ketones (excluding diaryl/α,β-unsaturated/α-hetero) is 1. The summed E-state index contributed by atoms with van der Waals surface area (Å²) < 4.78 is 94.2. The first-order chi connectivity index (χ1) is 22.0. The fraction of sp³-hybridized carbons (Fsp3) is 0.125. The molecule has 0 spiro atoms. The highest BCUT2D eigenvalue weighted by Gasteiger charge is 2.72. The molecule has 0 saturated carbocycles. The lowest BCUT2D eigenvalue weighted by Crippen LogP contribution is -2.54. The molecule has 4 aromatic rings. The molecule has 0 unspecified atom stereocenters. The second-order valence-corrected chi connectivity index (χ2v) is 9.94. The Bertz CT molecular complexity index is 1860. The Kier molecular flexibility index (Phi) is 9.31. The van der Waals surface area contributed by atoms with Gasteiger partial charge in [0, 0.05) is 17.5 Å². The summed E-state index contributed by atoms with van der Waals surface area (Å²) in [6.45, 7) is -0.0182. The molecule has 4 N–H and O–H groups in total. The van der Waals surface area contributed by atoms with Gasteiger partial charge in [-0.3, -0.25) is 14.4 Å². The lowest BCUT2D eigenvalue weighted by molar-refractivity contribution is -0.288. The number of halogens is 6. The Hall–Kier alpha value is -5.86. The SMILES string of the molecule is O=COc1ccccc1C(=O)Nc1cc(C(c2ccc(O)c(CC(=O)c3ccccc3C(=O)O)c2)(C(F)(F)F)C(F)(F)F)ccc1O. The van der Waals surface area contributed by atoms with E-state index < -0.39 is 86.9 Å². The van der Waals surface area contributed by atoms with Crippen molar-refractivity contribution in [3.63, 3.8) is 0 Å². The van der Waals surface area contributed by atoms with Crippen LogP contribution in [0.5, 0.6) is 17.2 Å². The summed E-state index contributed by atoms with van der Waals surface area (Å²) in [6, 6.07) is 12.1. The van der Waals surface area contributed by atoms with E-state index in [-0.39, 0.29) is 23.9 Å². The van der Waals surface area contributed by atoms with Gasteiger partial charge in [0.1, 0.15) is 17.2 Å². The molecular formula is C32H21F6NO8. The molecule has 244 valence electrons. The number of phenols is 2. The van der Waals surface area contributed by atoms with Crippen LogP contribution >= 0.6 is 0 Å². The van der Waals surface area contributed by atoms with Gasteiger partial charge < -0.3 is 25.4 Å². The summed E-state index contributed by atoms with van der Waals surface area (Å²) in [6.07, 6.45) is -13.3. The summed E-state index contributed by atoms with van der Waals surface area (Å²) in [4.78, 5) is 48.2. The normalized spacial score (nSPS) is 11.9. The maximum absolute atomic E-state index is 14.9. The molecule has 0 atom stereocenters. The highest BCUT2D eigenvalue weighted by atomic mass is 19.4. The number of aromatic carboxylic acids is 1. The van der Waals surface area contributed by atoms with Crippen molar-refractivity contribution in [3.05, 3.63) is 118 Å². The van der Waals surface area contributed by atoms with Gasteiger partial charge in [0.2, 0.25) is 5.41 Å². The van der Waals surface area contributed by atoms with Crippen molar-refractivity contribution < 1.29 is 65.6 Å². The number of amides is 1. The van der Waals surface area contributed by atoms with Crippen molar-refractivity contribution in [1.29, 1.82) is 0 Å². The maximum Gasteiger partial charge on any atom is 0.411 e. The number of ether oxygens (including phenoxy) is 1. The number of hydrogen-bond donors (Lipinski definition) is 4. The van der Waals surface area contributed by atoms with Gasteiger partial charge in [-0.1, -0.05) is 48.5 Å². The molecule has 0 bridgehead atoms. The molecule has 0 saturated heterocycles. The topological polar surface area (TPSA) is 150 Å². The van der Waals surface area contributed by atoms with Crippen LogP contribution in [0.3, 0.4) is 0 Å². The average Bonchev–Trinajstić information content (AvgIpc) is 2.99. The van der Waals surface area contributed by atoms with Crippen LogP contribution in [-0.2, 0) is 16.6 Å². The zero-order chi connectivity index (χ0) is 34.7. The second-order valence-electron chi connectivity index (χ2n) is 9.94. The smallest absolute Gasteiger partial charge is 0.411 e. The van der Waals surface area contributed by atoms with E-state index in [4.69, 9.17) is 0 Å². The summed E-state index contributed by atoms with van der Waals surface area (Å²) in [5, 5.41) is 32.1. The standard InChI is InChI=1S/C32H21F6NO8/c33-31(34,35)30(32(36,37)38,18-9-11-24(41)17(13-18)14-26(43)20-5-1-2-6-21(20)29(45)46)19-10-12-25(42)23(15-19)39-28(44)22-7-3-4-8-27(22)47-16-40/h1-13,15-16,41-42H,14H2,(H,39,44)(H,45,46). The van der Waals surface area contributed by atoms with Crippen LogP contribution in [0.4, 0.5) is 32.0 Å². The first-order valence-electron chi connectivity index (χ1n) is 13.2. The molecule has 4 aromatic carbocycles. The number of para-hydroxylation sites is 1. The average molecular weight is 662 g/mol. The Morgan fingerprint density at radius 3 is 1.83 bits per heavy atom. The molecule has 0 radical (unpaired) electrons. The van der Waals surface area contributed by atoms with Gasteiger partial charge in [-0.25, -0.2) is 4.79 Å².